The molecule has 0 aliphatic carbocycles. The number of carbonyl (C=O) groups is 2. The van der Waals surface area contributed by atoms with Gasteiger partial charge in [-0.15, -0.1) is 11.3 Å². The molecule has 5 nitrogen and oxygen atoms in total. The molecule has 0 radical (unpaired) electrons. The summed E-state index contributed by atoms with van der Waals surface area (Å²) in [5.41, 5.74) is 1.12. The zero-order chi connectivity index (χ0) is 18.4. The number of amides is 1. The number of carbonyl (C=O) groups excluding carboxylic acids is 2. The molecular formula is C20H21N3O2S. The Hall–Kier alpha value is -2.60. The number of rotatable bonds is 8. The molecule has 0 saturated carbocycles. The molecule has 0 spiro atoms. The van der Waals surface area contributed by atoms with Crippen molar-refractivity contribution < 1.29 is 9.59 Å². The van der Waals surface area contributed by atoms with E-state index in [1.165, 1.54) is 11.3 Å². The predicted molar refractivity (Wildman–Crippen MR) is 104 cm³/mol. The van der Waals surface area contributed by atoms with Crippen LogP contribution in [0.2, 0.25) is 0 Å². The molecule has 3 aromatic rings. The predicted octanol–water partition coefficient (Wildman–Crippen LogP) is 4.25. The molecule has 134 valence electrons. The van der Waals surface area contributed by atoms with Crippen molar-refractivity contribution in [2.24, 2.45) is 0 Å². The number of ketones is 1. The van der Waals surface area contributed by atoms with Crippen LogP contribution in [0.3, 0.4) is 0 Å². The maximum atomic E-state index is 13.0. The van der Waals surface area contributed by atoms with E-state index in [1.54, 1.807) is 24.4 Å². The van der Waals surface area contributed by atoms with Crippen molar-refractivity contribution in [1.82, 2.24) is 15.3 Å². The second kappa shape index (κ2) is 8.67. The average molecular weight is 367 g/mol. The van der Waals surface area contributed by atoms with E-state index in [0.717, 1.165) is 29.5 Å². The molecule has 0 unspecified atom stereocenters. The standard InChI is InChI=1S/C20H21N3O2S/c1-2-3-4-10-15(22-19(25)16-11-7-8-13-21-16)18(24)20-23-14-9-5-6-12-17(14)26-20/h5-9,11-13,15H,2-4,10H2,1H3,(H,22,25)/t15-/m0/s1. The van der Waals surface area contributed by atoms with Crippen LogP contribution in [-0.4, -0.2) is 27.7 Å². The Morgan fingerprint density at radius 2 is 1.92 bits per heavy atom. The fourth-order valence-electron chi connectivity index (χ4n) is 2.72. The van der Waals surface area contributed by atoms with Gasteiger partial charge in [-0.3, -0.25) is 14.6 Å². The molecule has 3 rings (SSSR count). The summed E-state index contributed by atoms with van der Waals surface area (Å²) in [5.74, 6) is -0.465. The second-order valence-electron chi connectivity index (χ2n) is 6.09. The van der Waals surface area contributed by atoms with Gasteiger partial charge in [0.25, 0.3) is 5.91 Å². The Balaban J connectivity index is 1.80. The lowest BCUT2D eigenvalue weighted by molar-refractivity contribution is 0.0848. The number of para-hydroxylation sites is 1. The lowest BCUT2D eigenvalue weighted by atomic mass is 10.0. The van der Waals surface area contributed by atoms with Crippen LogP contribution in [0.4, 0.5) is 0 Å². The van der Waals surface area contributed by atoms with E-state index in [1.807, 2.05) is 24.3 Å². The van der Waals surface area contributed by atoms with E-state index in [9.17, 15) is 9.59 Å². The SMILES string of the molecule is CCCCC[C@H](NC(=O)c1ccccn1)C(=O)c1nc2ccccc2s1. The minimum absolute atomic E-state index is 0.133. The van der Waals surface area contributed by atoms with Gasteiger partial charge in [-0.1, -0.05) is 44.4 Å². The monoisotopic (exact) mass is 367 g/mol. The molecule has 0 fully saturated rings. The van der Waals surface area contributed by atoms with Crippen molar-refractivity contribution in [2.45, 2.75) is 38.6 Å². The summed E-state index contributed by atoms with van der Waals surface area (Å²) >= 11 is 1.37. The number of nitrogens with one attached hydrogen (secondary N) is 1. The van der Waals surface area contributed by atoms with Crippen molar-refractivity contribution in [3.05, 3.63) is 59.4 Å². The van der Waals surface area contributed by atoms with Crippen LogP contribution in [0, 0.1) is 0 Å². The van der Waals surface area contributed by atoms with Gasteiger partial charge in [-0.2, -0.15) is 0 Å². The van der Waals surface area contributed by atoms with E-state index in [4.69, 9.17) is 0 Å². The first-order valence-corrected chi connectivity index (χ1v) is 9.62. The highest BCUT2D eigenvalue weighted by molar-refractivity contribution is 7.20. The average Bonchev–Trinajstić information content (AvgIpc) is 3.11. The minimum atomic E-state index is -0.586. The molecule has 2 heterocycles. The normalized spacial score (nSPS) is 12.0. The van der Waals surface area contributed by atoms with Crippen LogP contribution in [0.1, 0.15) is 52.9 Å². The molecule has 2 aromatic heterocycles. The molecule has 0 bridgehead atoms. The third-order valence-electron chi connectivity index (χ3n) is 4.12. The van der Waals surface area contributed by atoms with Gasteiger partial charge in [0.05, 0.1) is 16.3 Å². The number of hydrogen-bond acceptors (Lipinski definition) is 5. The maximum Gasteiger partial charge on any atom is 0.270 e. The molecule has 0 saturated heterocycles. The quantitative estimate of drug-likeness (QED) is 0.477. The van der Waals surface area contributed by atoms with Crippen molar-refractivity contribution in [3.8, 4) is 0 Å². The van der Waals surface area contributed by atoms with Crippen molar-refractivity contribution in [2.75, 3.05) is 0 Å². The number of hydrogen-bond donors (Lipinski definition) is 1. The molecule has 26 heavy (non-hydrogen) atoms. The van der Waals surface area contributed by atoms with E-state index in [2.05, 4.69) is 22.2 Å². The Bertz CT molecular complexity index is 859. The third kappa shape index (κ3) is 4.32. The van der Waals surface area contributed by atoms with Crippen LogP contribution >= 0.6 is 11.3 Å². The summed E-state index contributed by atoms with van der Waals surface area (Å²) in [4.78, 5) is 33.9. The highest BCUT2D eigenvalue weighted by atomic mass is 32.1. The van der Waals surface area contributed by atoms with Crippen molar-refractivity contribution in [1.29, 1.82) is 0 Å². The Labute approximate surface area is 156 Å². The van der Waals surface area contributed by atoms with Crippen molar-refractivity contribution >= 4 is 33.2 Å². The van der Waals surface area contributed by atoms with Crippen LogP contribution in [-0.2, 0) is 0 Å². The van der Waals surface area contributed by atoms with Crippen LogP contribution in [0.5, 0.6) is 0 Å². The minimum Gasteiger partial charge on any atom is -0.340 e. The molecule has 0 aliphatic heterocycles. The smallest absolute Gasteiger partial charge is 0.270 e. The molecule has 0 aliphatic rings. The van der Waals surface area contributed by atoms with Gasteiger partial charge in [0.1, 0.15) is 5.69 Å². The van der Waals surface area contributed by atoms with E-state index >= 15 is 0 Å². The number of pyridine rings is 1. The molecule has 1 amide bonds. The number of unbranched alkanes of at least 4 members (excludes halogenated alkanes) is 2. The Kier molecular flexibility index (Phi) is 6.07. The first kappa shape index (κ1) is 18.2. The molecule has 1 atom stereocenters. The van der Waals surface area contributed by atoms with E-state index in [-0.39, 0.29) is 11.7 Å². The molecule has 1 aromatic carbocycles. The topological polar surface area (TPSA) is 72.0 Å². The first-order valence-electron chi connectivity index (χ1n) is 8.80. The van der Waals surface area contributed by atoms with Crippen LogP contribution in [0.25, 0.3) is 10.2 Å². The van der Waals surface area contributed by atoms with Gasteiger partial charge in [0.15, 0.2) is 5.01 Å². The number of nitrogens with zero attached hydrogens (tertiary/aromatic N) is 2. The van der Waals surface area contributed by atoms with E-state index < -0.39 is 6.04 Å². The number of Topliss-reactive ketones (excluding diaryl/α,β-unsaturated/α-hetero) is 1. The summed E-state index contributed by atoms with van der Waals surface area (Å²) < 4.78 is 0.971. The summed E-state index contributed by atoms with van der Waals surface area (Å²) in [7, 11) is 0. The van der Waals surface area contributed by atoms with Gasteiger partial charge in [0.2, 0.25) is 5.78 Å². The van der Waals surface area contributed by atoms with Gasteiger partial charge in [-0.05, 0) is 30.7 Å². The zero-order valence-electron chi connectivity index (χ0n) is 14.6. The fraction of sp³-hybridized carbons (Fsp3) is 0.300. The largest absolute Gasteiger partial charge is 0.340 e. The van der Waals surface area contributed by atoms with Crippen LogP contribution in [0.15, 0.2) is 48.7 Å². The molecular weight excluding hydrogens is 346 g/mol. The Morgan fingerprint density at radius 3 is 2.65 bits per heavy atom. The molecule has 6 heteroatoms. The zero-order valence-corrected chi connectivity index (χ0v) is 15.5. The van der Waals surface area contributed by atoms with Gasteiger partial charge in [-0.25, -0.2) is 4.98 Å². The number of fused-ring (bicyclic) bond motifs is 1. The summed E-state index contributed by atoms with van der Waals surface area (Å²) in [6.45, 7) is 2.11. The highest BCUT2D eigenvalue weighted by Crippen LogP contribution is 2.23. The number of thiazole rings is 1. The maximum absolute atomic E-state index is 13.0. The van der Waals surface area contributed by atoms with Gasteiger partial charge < -0.3 is 5.32 Å². The van der Waals surface area contributed by atoms with E-state index in [0.29, 0.717) is 17.1 Å². The third-order valence-corrected chi connectivity index (χ3v) is 5.17. The van der Waals surface area contributed by atoms with Crippen LogP contribution < -0.4 is 5.32 Å². The fourth-order valence-corrected chi connectivity index (χ4v) is 3.68. The van der Waals surface area contributed by atoms with Gasteiger partial charge >= 0.3 is 0 Å². The number of benzene rings is 1. The summed E-state index contributed by atoms with van der Waals surface area (Å²) in [6.07, 6.45) is 5.11. The van der Waals surface area contributed by atoms with Crippen molar-refractivity contribution in [3.63, 3.8) is 0 Å². The Morgan fingerprint density at radius 1 is 1.12 bits per heavy atom. The summed E-state index contributed by atoms with van der Waals surface area (Å²) in [5, 5.41) is 3.29. The molecule has 1 N–H and O–H groups in total. The number of aromatic nitrogens is 2. The lowest BCUT2D eigenvalue weighted by Crippen LogP contribution is -2.41. The lowest BCUT2D eigenvalue weighted by Gasteiger charge is -2.16. The first-order chi connectivity index (χ1) is 12.7. The van der Waals surface area contributed by atoms with Gasteiger partial charge in [0, 0.05) is 6.20 Å². The summed E-state index contributed by atoms with van der Waals surface area (Å²) in [6, 6.07) is 12.2. The second-order valence-corrected chi connectivity index (χ2v) is 7.12. The highest BCUT2D eigenvalue weighted by Gasteiger charge is 2.25.